The molecule has 0 radical (unpaired) electrons. The molecule has 0 bridgehead atoms. The molecule has 0 aliphatic rings. The van der Waals surface area contributed by atoms with Crippen molar-refractivity contribution in [1.29, 1.82) is 0 Å². The van der Waals surface area contributed by atoms with Gasteiger partial charge in [0, 0.05) is 11.9 Å². The number of nitrogens with two attached hydrogens (primary N) is 1. The lowest BCUT2D eigenvalue weighted by atomic mass is 10.2. The van der Waals surface area contributed by atoms with Gasteiger partial charge in [-0.2, -0.15) is 0 Å². The van der Waals surface area contributed by atoms with E-state index in [1.807, 2.05) is 0 Å². The Labute approximate surface area is 109 Å². The lowest BCUT2D eigenvalue weighted by Gasteiger charge is -2.07. The number of halogens is 1. The third kappa shape index (κ3) is 2.78. The molecule has 1 aromatic heterocycles. The Morgan fingerprint density at radius 2 is 2.17 bits per heavy atom. The molecule has 6 heteroatoms. The number of hydrogen-bond donors (Lipinski definition) is 2. The van der Waals surface area contributed by atoms with Crippen LogP contribution < -0.4 is 11.1 Å². The SMILES string of the molecule is Cc1cc(Nc2nccc(C(N)=S)n2)ccc1F. The van der Waals surface area contributed by atoms with Gasteiger partial charge < -0.3 is 11.1 Å². The number of nitrogens with one attached hydrogen (secondary N) is 1. The van der Waals surface area contributed by atoms with E-state index >= 15 is 0 Å². The molecule has 3 N–H and O–H groups in total. The molecule has 4 nitrogen and oxygen atoms in total. The van der Waals surface area contributed by atoms with Crippen LogP contribution in [0, 0.1) is 12.7 Å². The van der Waals surface area contributed by atoms with Gasteiger partial charge in [-0.1, -0.05) is 12.2 Å². The number of aromatic nitrogens is 2. The maximum atomic E-state index is 13.1. The first-order valence-electron chi connectivity index (χ1n) is 5.22. The number of thiocarbonyl (C=S) groups is 1. The molecular formula is C12H11FN4S. The molecule has 0 aliphatic carbocycles. The third-order valence-electron chi connectivity index (χ3n) is 2.32. The van der Waals surface area contributed by atoms with Crippen molar-refractivity contribution in [2.75, 3.05) is 5.32 Å². The highest BCUT2D eigenvalue weighted by Crippen LogP contribution is 2.16. The zero-order valence-electron chi connectivity index (χ0n) is 9.64. The molecule has 2 rings (SSSR count). The zero-order chi connectivity index (χ0) is 13.1. The second kappa shape index (κ2) is 5.05. The van der Waals surface area contributed by atoms with E-state index in [0.717, 1.165) is 0 Å². The number of rotatable bonds is 3. The second-order valence-electron chi connectivity index (χ2n) is 3.72. The van der Waals surface area contributed by atoms with Crippen molar-refractivity contribution in [2.24, 2.45) is 5.73 Å². The van der Waals surface area contributed by atoms with Crippen molar-refractivity contribution in [3.8, 4) is 0 Å². The van der Waals surface area contributed by atoms with E-state index in [2.05, 4.69) is 15.3 Å². The third-order valence-corrected chi connectivity index (χ3v) is 2.53. The van der Waals surface area contributed by atoms with Gasteiger partial charge in [0.2, 0.25) is 5.95 Å². The summed E-state index contributed by atoms with van der Waals surface area (Å²) in [5, 5.41) is 2.96. The van der Waals surface area contributed by atoms with Gasteiger partial charge in [-0.05, 0) is 36.8 Å². The fourth-order valence-corrected chi connectivity index (χ4v) is 1.52. The minimum Gasteiger partial charge on any atom is -0.388 e. The Morgan fingerprint density at radius 3 is 2.83 bits per heavy atom. The molecule has 1 aromatic carbocycles. The molecule has 2 aromatic rings. The second-order valence-corrected chi connectivity index (χ2v) is 4.16. The van der Waals surface area contributed by atoms with E-state index in [1.54, 1.807) is 31.3 Å². The van der Waals surface area contributed by atoms with Crippen molar-refractivity contribution in [2.45, 2.75) is 6.92 Å². The van der Waals surface area contributed by atoms with Gasteiger partial charge in [0.05, 0.1) is 0 Å². The van der Waals surface area contributed by atoms with Gasteiger partial charge in [0.25, 0.3) is 0 Å². The number of benzene rings is 1. The molecule has 92 valence electrons. The Hall–Kier alpha value is -2.08. The summed E-state index contributed by atoms with van der Waals surface area (Å²) in [6.45, 7) is 1.69. The Balaban J connectivity index is 2.25. The first-order valence-corrected chi connectivity index (χ1v) is 5.63. The predicted molar refractivity (Wildman–Crippen MR) is 72.3 cm³/mol. The number of anilines is 2. The number of hydrogen-bond acceptors (Lipinski definition) is 4. The lowest BCUT2D eigenvalue weighted by molar-refractivity contribution is 0.619. The molecule has 0 fully saturated rings. The van der Waals surface area contributed by atoms with Gasteiger partial charge in [0.1, 0.15) is 16.5 Å². The number of nitrogens with zero attached hydrogens (tertiary/aromatic N) is 2. The van der Waals surface area contributed by atoms with E-state index in [0.29, 0.717) is 22.9 Å². The van der Waals surface area contributed by atoms with Crippen LogP contribution in [0.3, 0.4) is 0 Å². The van der Waals surface area contributed by atoms with Crippen LogP contribution in [0.25, 0.3) is 0 Å². The van der Waals surface area contributed by atoms with Gasteiger partial charge >= 0.3 is 0 Å². The summed E-state index contributed by atoms with van der Waals surface area (Å²) in [6.07, 6.45) is 1.56. The topological polar surface area (TPSA) is 63.8 Å². The molecule has 0 saturated carbocycles. The standard InChI is InChI=1S/C12H11FN4S/c1-7-6-8(2-3-9(7)13)16-12-15-5-4-10(17-12)11(14)18/h2-6H,1H3,(H2,14,18)(H,15,16,17). The van der Waals surface area contributed by atoms with Crippen LogP contribution in [0.4, 0.5) is 16.0 Å². The largest absolute Gasteiger partial charge is 0.388 e. The minimum absolute atomic E-state index is 0.204. The first kappa shape index (κ1) is 12.4. The van der Waals surface area contributed by atoms with Crippen molar-refractivity contribution < 1.29 is 4.39 Å². The quantitative estimate of drug-likeness (QED) is 0.831. The summed E-state index contributed by atoms with van der Waals surface area (Å²) >= 11 is 4.83. The van der Waals surface area contributed by atoms with Crippen LogP contribution in [0.5, 0.6) is 0 Å². The molecule has 0 unspecified atom stereocenters. The highest BCUT2D eigenvalue weighted by molar-refractivity contribution is 7.80. The number of aryl methyl sites for hydroxylation is 1. The molecule has 1 heterocycles. The maximum absolute atomic E-state index is 13.1. The summed E-state index contributed by atoms with van der Waals surface area (Å²) in [5.74, 6) is 0.115. The average Bonchev–Trinajstić information content (AvgIpc) is 2.34. The molecule has 0 aliphatic heterocycles. The van der Waals surface area contributed by atoms with Crippen LogP contribution in [0.2, 0.25) is 0 Å². The minimum atomic E-state index is -0.252. The highest BCUT2D eigenvalue weighted by Gasteiger charge is 2.03. The lowest BCUT2D eigenvalue weighted by Crippen LogP contribution is -2.12. The average molecular weight is 262 g/mol. The molecule has 0 spiro atoms. The normalized spacial score (nSPS) is 10.1. The van der Waals surface area contributed by atoms with Crippen molar-refractivity contribution in [3.05, 3.63) is 47.5 Å². The van der Waals surface area contributed by atoms with Crippen LogP contribution in [0.15, 0.2) is 30.5 Å². The monoisotopic (exact) mass is 262 g/mol. The van der Waals surface area contributed by atoms with E-state index in [9.17, 15) is 4.39 Å². The van der Waals surface area contributed by atoms with Crippen LogP contribution in [-0.2, 0) is 0 Å². The van der Waals surface area contributed by atoms with Gasteiger partial charge in [0.15, 0.2) is 0 Å². The van der Waals surface area contributed by atoms with E-state index in [1.165, 1.54) is 6.07 Å². The summed E-state index contributed by atoms with van der Waals surface area (Å²) in [6, 6.07) is 6.30. The van der Waals surface area contributed by atoms with Crippen LogP contribution in [0.1, 0.15) is 11.3 Å². The van der Waals surface area contributed by atoms with Gasteiger partial charge in [-0.15, -0.1) is 0 Å². The first-order chi connectivity index (χ1) is 8.56. The predicted octanol–water partition coefficient (Wildman–Crippen LogP) is 2.30. The molecule has 0 saturated heterocycles. The van der Waals surface area contributed by atoms with Gasteiger partial charge in [-0.25, -0.2) is 14.4 Å². The van der Waals surface area contributed by atoms with E-state index in [-0.39, 0.29) is 10.8 Å². The Morgan fingerprint density at radius 1 is 1.39 bits per heavy atom. The van der Waals surface area contributed by atoms with Crippen LogP contribution >= 0.6 is 12.2 Å². The summed E-state index contributed by atoms with van der Waals surface area (Å²) < 4.78 is 13.1. The molecule has 18 heavy (non-hydrogen) atoms. The van der Waals surface area contributed by atoms with Crippen LogP contribution in [-0.4, -0.2) is 15.0 Å². The van der Waals surface area contributed by atoms with E-state index in [4.69, 9.17) is 18.0 Å². The van der Waals surface area contributed by atoms with E-state index < -0.39 is 0 Å². The van der Waals surface area contributed by atoms with Crippen molar-refractivity contribution in [3.63, 3.8) is 0 Å². The summed E-state index contributed by atoms with van der Waals surface area (Å²) in [7, 11) is 0. The van der Waals surface area contributed by atoms with Crippen molar-refractivity contribution >= 4 is 28.8 Å². The molecule has 0 amide bonds. The smallest absolute Gasteiger partial charge is 0.227 e. The molecule has 0 atom stereocenters. The Bertz CT molecular complexity index is 600. The summed E-state index contributed by atoms with van der Waals surface area (Å²) in [4.78, 5) is 8.38. The fraction of sp³-hybridized carbons (Fsp3) is 0.0833. The Kier molecular flexibility index (Phi) is 3.47. The maximum Gasteiger partial charge on any atom is 0.227 e. The van der Waals surface area contributed by atoms with Crippen molar-refractivity contribution in [1.82, 2.24) is 9.97 Å². The zero-order valence-corrected chi connectivity index (χ0v) is 10.5. The molecular weight excluding hydrogens is 251 g/mol. The van der Waals surface area contributed by atoms with Gasteiger partial charge in [-0.3, -0.25) is 0 Å². The summed E-state index contributed by atoms with van der Waals surface area (Å²) in [5.41, 5.74) is 7.22. The fourth-order valence-electron chi connectivity index (χ4n) is 1.41. The highest BCUT2D eigenvalue weighted by atomic mass is 32.1.